The van der Waals surface area contributed by atoms with Crippen LogP contribution in [0.25, 0.3) is 0 Å². The minimum absolute atomic E-state index is 0.350. The lowest BCUT2D eigenvalue weighted by molar-refractivity contribution is 0.422. The first-order valence-electron chi connectivity index (χ1n) is 5.54. The second-order valence-corrected chi connectivity index (χ2v) is 4.22. The highest BCUT2D eigenvalue weighted by Crippen LogP contribution is 2.20. The first-order chi connectivity index (χ1) is 7.22. The molecule has 1 fully saturated rings. The smallest absolute Gasteiger partial charge is 0.109 e. The van der Waals surface area contributed by atoms with E-state index in [9.17, 15) is 4.39 Å². The van der Waals surface area contributed by atoms with Crippen LogP contribution in [0.2, 0.25) is 0 Å². The van der Waals surface area contributed by atoms with E-state index in [-0.39, 0.29) is 6.67 Å². The largest absolute Gasteiger partial charge is 0.310 e. The Labute approximate surface area is 89.7 Å². The van der Waals surface area contributed by atoms with E-state index in [0.717, 1.165) is 17.9 Å². The van der Waals surface area contributed by atoms with Crippen molar-refractivity contribution in [1.29, 1.82) is 0 Å². The molecule has 84 valence electrons. The van der Waals surface area contributed by atoms with E-state index >= 15 is 0 Å². The van der Waals surface area contributed by atoms with Crippen LogP contribution in [-0.4, -0.2) is 22.5 Å². The topological polar surface area (TPSA) is 29.9 Å². The van der Waals surface area contributed by atoms with Gasteiger partial charge in [0.25, 0.3) is 0 Å². The summed E-state index contributed by atoms with van der Waals surface area (Å²) in [6, 6.07) is 0.702. The molecule has 15 heavy (non-hydrogen) atoms. The lowest BCUT2D eigenvalue weighted by Crippen LogP contribution is -2.16. The van der Waals surface area contributed by atoms with Crippen LogP contribution in [0.4, 0.5) is 4.39 Å². The van der Waals surface area contributed by atoms with Gasteiger partial charge in [-0.1, -0.05) is 0 Å². The summed E-state index contributed by atoms with van der Waals surface area (Å²) in [6.07, 6.45) is 2.58. The van der Waals surface area contributed by atoms with E-state index in [1.807, 2.05) is 13.8 Å². The predicted octanol–water partition coefficient (Wildman–Crippen LogP) is 1.72. The van der Waals surface area contributed by atoms with Crippen LogP contribution in [0.15, 0.2) is 0 Å². The van der Waals surface area contributed by atoms with Crippen molar-refractivity contribution in [2.24, 2.45) is 0 Å². The molecule has 0 saturated heterocycles. The van der Waals surface area contributed by atoms with Gasteiger partial charge in [0.1, 0.15) is 6.67 Å². The van der Waals surface area contributed by atoms with Crippen LogP contribution in [0.5, 0.6) is 0 Å². The highest BCUT2D eigenvalue weighted by molar-refractivity contribution is 5.24. The second kappa shape index (κ2) is 4.31. The molecule has 1 aromatic rings. The van der Waals surface area contributed by atoms with Crippen molar-refractivity contribution in [3.05, 3.63) is 17.0 Å². The van der Waals surface area contributed by atoms with Crippen LogP contribution < -0.4 is 5.32 Å². The molecule has 1 aliphatic carbocycles. The molecule has 1 N–H and O–H groups in total. The molecule has 0 amide bonds. The van der Waals surface area contributed by atoms with Crippen molar-refractivity contribution in [1.82, 2.24) is 15.1 Å². The van der Waals surface area contributed by atoms with Gasteiger partial charge in [0.05, 0.1) is 12.2 Å². The Morgan fingerprint density at radius 2 is 2.20 bits per heavy atom. The Hall–Kier alpha value is -0.900. The van der Waals surface area contributed by atoms with E-state index in [0.29, 0.717) is 12.6 Å². The van der Waals surface area contributed by atoms with Crippen LogP contribution in [-0.2, 0) is 13.1 Å². The molecular weight excluding hydrogens is 193 g/mol. The highest BCUT2D eigenvalue weighted by Gasteiger charge is 2.21. The number of aromatic nitrogens is 2. The molecular formula is C11H18FN3. The quantitative estimate of drug-likeness (QED) is 0.803. The Balaban J connectivity index is 2.06. The van der Waals surface area contributed by atoms with Gasteiger partial charge in [-0.2, -0.15) is 5.10 Å². The number of hydrogen-bond acceptors (Lipinski definition) is 2. The highest BCUT2D eigenvalue weighted by atomic mass is 19.1. The standard InChI is InChI=1S/C11H18FN3/c1-8-11(7-13-10-3-4-10)9(2)15(14-8)6-5-12/h10,13H,3-7H2,1-2H3. The third-order valence-corrected chi connectivity index (χ3v) is 2.97. The van der Waals surface area contributed by atoms with Gasteiger partial charge in [0.2, 0.25) is 0 Å². The van der Waals surface area contributed by atoms with Gasteiger partial charge in [-0.3, -0.25) is 4.68 Å². The molecule has 1 saturated carbocycles. The maximum Gasteiger partial charge on any atom is 0.109 e. The fraction of sp³-hybridized carbons (Fsp3) is 0.727. The Bertz CT molecular complexity index is 342. The number of aryl methyl sites for hydroxylation is 2. The lowest BCUT2D eigenvalue weighted by atomic mass is 10.2. The number of alkyl halides is 1. The van der Waals surface area contributed by atoms with E-state index in [4.69, 9.17) is 0 Å². The third kappa shape index (κ3) is 2.37. The minimum Gasteiger partial charge on any atom is -0.310 e. The van der Waals surface area contributed by atoms with E-state index in [1.165, 1.54) is 18.4 Å². The van der Waals surface area contributed by atoms with Crippen LogP contribution >= 0.6 is 0 Å². The summed E-state index contributed by atoms with van der Waals surface area (Å²) in [5.41, 5.74) is 3.35. The van der Waals surface area contributed by atoms with Gasteiger partial charge >= 0.3 is 0 Å². The average molecular weight is 211 g/mol. The lowest BCUT2D eigenvalue weighted by Gasteiger charge is -2.04. The molecule has 0 unspecified atom stereocenters. The first-order valence-corrected chi connectivity index (χ1v) is 5.54. The second-order valence-electron chi connectivity index (χ2n) is 4.22. The summed E-state index contributed by atoms with van der Waals surface area (Å²) < 4.78 is 14.0. The number of rotatable bonds is 5. The molecule has 1 heterocycles. The van der Waals surface area contributed by atoms with E-state index < -0.39 is 0 Å². The zero-order valence-corrected chi connectivity index (χ0v) is 9.39. The zero-order chi connectivity index (χ0) is 10.8. The Morgan fingerprint density at radius 1 is 1.47 bits per heavy atom. The average Bonchev–Trinajstić information content (AvgIpc) is 2.97. The molecule has 4 heteroatoms. The monoisotopic (exact) mass is 211 g/mol. The molecule has 0 aromatic carbocycles. The van der Waals surface area contributed by atoms with Gasteiger partial charge < -0.3 is 5.32 Å². The fourth-order valence-electron chi connectivity index (χ4n) is 1.82. The summed E-state index contributed by atoms with van der Waals surface area (Å²) in [5, 5.41) is 7.80. The molecule has 0 radical (unpaired) electrons. The van der Waals surface area contributed by atoms with Gasteiger partial charge in [0.15, 0.2) is 0 Å². The van der Waals surface area contributed by atoms with Gasteiger partial charge in [-0.15, -0.1) is 0 Å². The summed E-state index contributed by atoms with van der Waals surface area (Å²) in [5.74, 6) is 0. The predicted molar refractivity (Wildman–Crippen MR) is 57.5 cm³/mol. The molecule has 0 aliphatic heterocycles. The maximum atomic E-state index is 12.2. The maximum absolute atomic E-state index is 12.2. The van der Waals surface area contributed by atoms with Gasteiger partial charge in [-0.05, 0) is 26.7 Å². The minimum atomic E-state index is -0.350. The molecule has 1 aliphatic rings. The fourth-order valence-corrected chi connectivity index (χ4v) is 1.82. The van der Waals surface area contributed by atoms with E-state index in [1.54, 1.807) is 4.68 Å². The molecule has 0 atom stereocenters. The number of halogens is 1. The number of nitrogens with zero attached hydrogens (tertiary/aromatic N) is 2. The summed E-state index contributed by atoms with van der Waals surface area (Å²) in [6.45, 7) is 4.90. The van der Waals surface area contributed by atoms with E-state index in [2.05, 4.69) is 10.4 Å². The van der Waals surface area contributed by atoms with Crippen LogP contribution in [0.3, 0.4) is 0 Å². The first kappa shape index (κ1) is 10.6. The normalized spacial score (nSPS) is 15.9. The third-order valence-electron chi connectivity index (χ3n) is 2.97. The summed E-state index contributed by atoms with van der Waals surface area (Å²) >= 11 is 0. The van der Waals surface area contributed by atoms with Crippen molar-refractivity contribution in [2.45, 2.75) is 45.8 Å². The van der Waals surface area contributed by atoms with Crippen LogP contribution in [0, 0.1) is 13.8 Å². The zero-order valence-electron chi connectivity index (χ0n) is 9.39. The Morgan fingerprint density at radius 3 is 2.80 bits per heavy atom. The SMILES string of the molecule is Cc1nn(CCF)c(C)c1CNC1CC1. The van der Waals surface area contributed by atoms with Crippen molar-refractivity contribution < 1.29 is 4.39 Å². The molecule has 1 aromatic heterocycles. The van der Waals surface area contributed by atoms with Crippen molar-refractivity contribution in [2.75, 3.05) is 6.67 Å². The Kier molecular flexibility index (Phi) is 3.05. The van der Waals surface area contributed by atoms with Crippen molar-refractivity contribution in [3.8, 4) is 0 Å². The van der Waals surface area contributed by atoms with Gasteiger partial charge in [0, 0.05) is 23.8 Å². The molecule has 2 rings (SSSR count). The molecule has 0 spiro atoms. The van der Waals surface area contributed by atoms with Crippen molar-refractivity contribution >= 4 is 0 Å². The summed E-state index contributed by atoms with van der Waals surface area (Å²) in [4.78, 5) is 0. The number of hydrogen-bond donors (Lipinski definition) is 1. The van der Waals surface area contributed by atoms with Crippen LogP contribution in [0.1, 0.15) is 29.8 Å². The van der Waals surface area contributed by atoms with Crippen molar-refractivity contribution in [3.63, 3.8) is 0 Å². The number of nitrogens with one attached hydrogen (secondary N) is 1. The van der Waals surface area contributed by atoms with Gasteiger partial charge in [-0.25, -0.2) is 4.39 Å². The molecule has 0 bridgehead atoms. The summed E-state index contributed by atoms with van der Waals surface area (Å²) in [7, 11) is 0. The molecule has 3 nitrogen and oxygen atoms in total.